The zero-order chi connectivity index (χ0) is 19.7. The summed E-state index contributed by atoms with van der Waals surface area (Å²) < 4.78 is 5.19. The highest BCUT2D eigenvalue weighted by Gasteiger charge is 2.19. The van der Waals surface area contributed by atoms with Crippen molar-refractivity contribution in [2.24, 2.45) is 0 Å². The predicted molar refractivity (Wildman–Crippen MR) is 108 cm³/mol. The van der Waals surface area contributed by atoms with Crippen molar-refractivity contribution in [2.75, 3.05) is 11.1 Å². The molecule has 3 N–H and O–H groups in total. The minimum Gasteiger partial charge on any atom is -0.459 e. The van der Waals surface area contributed by atoms with Crippen LogP contribution in [0.4, 0.5) is 11.4 Å². The summed E-state index contributed by atoms with van der Waals surface area (Å²) in [6.45, 7) is 7.42. The molecule has 0 bridgehead atoms. The fourth-order valence-electron chi connectivity index (χ4n) is 2.83. The van der Waals surface area contributed by atoms with Gasteiger partial charge in [-0.3, -0.25) is 4.79 Å². The lowest BCUT2D eigenvalue weighted by Crippen LogP contribution is -2.14. The summed E-state index contributed by atoms with van der Waals surface area (Å²) in [5.74, 6) is -0.764. The Hall–Kier alpha value is -2.93. The summed E-state index contributed by atoms with van der Waals surface area (Å²) in [7, 11) is 0. The number of carbonyl (C=O) groups is 2. The Labute approximate surface area is 161 Å². The maximum Gasteiger partial charge on any atom is 0.338 e. The molecule has 0 atom stereocenters. The highest BCUT2D eigenvalue weighted by molar-refractivity contribution is 7.21. The number of thiophene rings is 1. The number of nitrogens with two attached hydrogens (primary N) is 1. The number of pyridine rings is 1. The van der Waals surface area contributed by atoms with E-state index in [9.17, 15) is 9.59 Å². The molecule has 2 aromatic heterocycles. The van der Waals surface area contributed by atoms with Crippen molar-refractivity contribution in [1.82, 2.24) is 4.98 Å². The second kappa shape index (κ2) is 7.36. The van der Waals surface area contributed by atoms with Gasteiger partial charge >= 0.3 is 5.97 Å². The molecule has 27 heavy (non-hydrogen) atoms. The number of ether oxygens (including phenoxy) is 1. The largest absolute Gasteiger partial charge is 0.459 e. The van der Waals surface area contributed by atoms with Crippen molar-refractivity contribution in [3.63, 3.8) is 0 Å². The third-order valence-corrected chi connectivity index (χ3v) is 5.03. The smallest absolute Gasteiger partial charge is 0.338 e. The van der Waals surface area contributed by atoms with Gasteiger partial charge in [0.2, 0.25) is 0 Å². The third kappa shape index (κ3) is 3.93. The quantitative estimate of drug-likeness (QED) is 0.655. The fourth-order valence-corrected chi connectivity index (χ4v) is 3.94. The number of rotatable bonds is 4. The van der Waals surface area contributed by atoms with Crippen LogP contribution in [0.5, 0.6) is 0 Å². The van der Waals surface area contributed by atoms with Gasteiger partial charge < -0.3 is 15.8 Å². The zero-order valence-electron chi connectivity index (χ0n) is 15.6. The van der Waals surface area contributed by atoms with Gasteiger partial charge in [-0.15, -0.1) is 11.3 Å². The van der Waals surface area contributed by atoms with Crippen LogP contribution in [0.1, 0.15) is 45.1 Å². The average Bonchev–Trinajstić information content (AvgIpc) is 2.91. The van der Waals surface area contributed by atoms with Crippen molar-refractivity contribution in [3.05, 3.63) is 52.0 Å². The molecule has 0 aliphatic rings. The van der Waals surface area contributed by atoms with Gasteiger partial charge in [0.05, 0.1) is 17.4 Å². The van der Waals surface area contributed by atoms with E-state index in [1.54, 1.807) is 38.1 Å². The topological polar surface area (TPSA) is 94.3 Å². The Morgan fingerprint density at radius 2 is 1.96 bits per heavy atom. The number of esters is 1. The minimum atomic E-state index is -0.433. The number of aromatic nitrogens is 1. The SMILES string of the molecule is Cc1cc(C)c2c(N)c(C(=O)Nc3cccc(C(=O)OC(C)C)c3)sc2n1. The molecule has 1 amide bonds. The van der Waals surface area contributed by atoms with Crippen LogP contribution in [0.15, 0.2) is 30.3 Å². The van der Waals surface area contributed by atoms with E-state index >= 15 is 0 Å². The highest BCUT2D eigenvalue weighted by Crippen LogP contribution is 2.35. The van der Waals surface area contributed by atoms with E-state index in [0.717, 1.165) is 21.5 Å². The number of anilines is 2. The van der Waals surface area contributed by atoms with Crippen LogP contribution < -0.4 is 11.1 Å². The first kappa shape index (κ1) is 18.8. The molecule has 6 nitrogen and oxygen atoms in total. The van der Waals surface area contributed by atoms with E-state index in [1.807, 2.05) is 19.9 Å². The molecule has 0 fully saturated rings. The van der Waals surface area contributed by atoms with Gasteiger partial charge in [-0.1, -0.05) is 6.07 Å². The van der Waals surface area contributed by atoms with Crippen LogP contribution in [-0.2, 0) is 4.74 Å². The molecule has 3 rings (SSSR count). The third-order valence-electron chi connectivity index (χ3n) is 3.93. The number of hydrogen-bond acceptors (Lipinski definition) is 6. The zero-order valence-corrected chi connectivity index (χ0v) is 16.4. The number of carbonyl (C=O) groups excluding carboxylic acids is 2. The van der Waals surface area contributed by atoms with Crippen LogP contribution in [-0.4, -0.2) is 23.0 Å². The molecule has 0 spiro atoms. The van der Waals surface area contributed by atoms with E-state index in [4.69, 9.17) is 10.5 Å². The van der Waals surface area contributed by atoms with Gasteiger partial charge in [0.1, 0.15) is 9.71 Å². The summed E-state index contributed by atoms with van der Waals surface area (Å²) in [4.78, 5) is 30.4. The van der Waals surface area contributed by atoms with E-state index in [-0.39, 0.29) is 12.0 Å². The number of nitrogens with zero attached hydrogens (tertiary/aromatic N) is 1. The van der Waals surface area contributed by atoms with E-state index in [2.05, 4.69) is 10.3 Å². The first-order chi connectivity index (χ1) is 12.8. The van der Waals surface area contributed by atoms with Crippen LogP contribution in [0.2, 0.25) is 0 Å². The highest BCUT2D eigenvalue weighted by atomic mass is 32.1. The van der Waals surface area contributed by atoms with E-state index in [1.165, 1.54) is 11.3 Å². The lowest BCUT2D eigenvalue weighted by Gasteiger charge is -2.09. The minimum absolute atomic E-state index is 0.215. The first-order valence-corrected chi connectivity index (χ1v) is 9.36. The maximum absolute atomic E-state index is 12.7. The molecule has 0 aliphatic heterocycles. The molecule has 140 valence electrons. The maximum atomic E-state index is 12.7. The summed E-state index contributed by atoms with van der Waals surface area (Å²) >= 11 is 1.26. The Morgan fingerprint density at radius 1 is 1.22 bits per heavy atom. The molecule has 0 radical (unpaired) electrons. The van der Waals surface area contributed by atoms with Crippen molar-refractivity contribution < 1.29 is 14.3 Å². The van der Waals surface area contributed by atoms with Gasteiger partial charge in [-0.05, 0) is 57.5 Å². The number of fused-ring (bicyclic) bond motifs is 1. The standard InChI is InChI=1S/C20H21N3O3S/c1-10(2)26-20(25)13-6-5-7-14(9-13)23-18(24)17-16(21)15-11(3)8-12(4)22-19(15)27-17/h5-10H,21H2,1-4H3,(H,23,24). The van der Waals surface area contributed by atoms with Crippen LogP contribution in [0, 0.1) is 13.8 Å². The van der Waals surface area contributed by atoms with E-state index in [0.29, 0.717) is 21.8 Å². The summed E-state index contributed by atoms with van der Waals surface area (Å²) in [6.07, 6.45) is -0.215. The lowest BCUT2D eigenvalue weighted by molar-refractivity contribution is 0.0377. The van der Waals surface area contributed by atoms with Crippen LogP contribution in [0.3, 0.4) is 0 Å². The summed E-state index contributed by atoms with van der Waals surface area (Å²) in [5, 5.41) is 3.61. The molecule has 7 heteroatoms. The molecule has 3 aromatic rings. The molecule has 0 saturated carbocycles. The van der Waals surface area contributed by atoms with Crippen LogP contribution >= 0.6 is 11.3 Å². The molecular weight excluding hydrogens is 362 g/mol. The Kier molecular flexibility index (Phi) is 5.14. The molecule has 0 saturated heterocycles. The molecule has 2 heterocycles. The van der Waals surface area contributed by atoms with Crippen molar-refractivity contribution in [1.29, 1.82) is 0 Å². The number of aryl methyl sites for hydroxylation is 2. The second-order valence-corrected chi connectivity index (χ2v) is 7.59. The molecule has 1 aromatic carbocycles. The average molecular weight is 383 g/mol. The Bertz CT molecular complexity index is 1040. The van der Waals surface area contributed by atoms with Crippen molar-refractivity contribution in [2.45, 2.75) is 33.8 Å². The Balaban J connectivity index is 1.88. The van der Waals surface area contributed by atoms with Gasteiger partial charge in [0.15, 0.2) is 0 Å². The summed E-state index contributed by atoms with van der Waals surface area (Å²) in [6, 6.07) is 8.57. The lowest BCUT2D eigenvalue weighted by atomic mass is 10.1. The molecule has 0 aliphatic carbocycles. The normalized spacial score (nSPS) is 11.0. The van der Waals surface area contributed by atoms with Crippen LogP contribution in [0.25, 0.3) is 10.2 Å². The number of amides is 1. The van der Waals surface area contributed by atoms with Gasteiger partial charge in [0.25, 0.3) is 5.91 Å². The fraction of sp³-hybridized carbons (Fsp3) is 0.250. The first-order valence-electron chi connectivity index (χ1n) is 8.55. The number of benzene rings is 1. The van der Waals surface area contributed by atoms with Gasteiger partial charge in [-0.25, -0.2) is 9.78 Å². The summed E-state index contributed by atoms with van der Waals surface area (Å²) in [5.41, 5.74) is 9.38. The monoisotopic (exact) mass is 383 g/mol. The number of nitrogens with one attached hydrogen (secondary N) is 1. The second-order valence-electron chi connectivity index (χ2n) is 6.59. The number of hydrogen-bond donors (Lipinski definition) is 2. The van der Waals surface area contributed by atoms with E-state index < -0.39 is 5.97 Å². The van der Waals surface area contributed by atoms with Gasteiger partial charge in [-0.2, -0.15) is 0 Å². The van der Waals surface area contributed by atoms with Crippen molar-refractivity contribution >= 4 is 44.8 Å². The Morgan fingerprint density at radius 3 is 2.67 bits per heavy atom. The molecule has 0 unspecified atom stereocenters. The number of nitrogen functional groups attached to an aromatic ring is 1. The predicted octanol–water partition coefficient (Wildman–Crippen LogP) is 4.31. The van der Waals surface area contributed by atoms with Gasteiger partial charge in [0, 0.05) is 16.8 Å². The van der Waals surface area contributed by atoms with Crippen molar-refractivity contribution in [3.8, 4) is 0 Å². The molecular formula is C20H21N3O3S.